The second kappa shape index (κ2) is 5.12. The minimum Gasteiger partial charge on any atom is -0.624 e. The molecular weight excluding hydrogens is 432 g/mol. The molecular formula is C15H9IrN2O2-. The van der Waals surface area contributed by atoms with E-state index in [2.05, 4.69) is 10.3 Å². The molecule has 2 aromatic carbocycles. The Bertz CT molecular complexity index is 735. The number of oxazole rings is 1. The molecule has 1 radical (unpaired) electrons. The summed E-state index contributed by atoms with van der Waals surface area (Å²) in [7, 11) is 0. The molecule has 0 N–H and O–H groups in total. The standard InChI is InChI=1S/C15H9N2O2.Ir/c1-3-7-12-10(5-1)16-14(18-12)9-15-17-11-6-2-4-8-13(11)19-15;/h1-9H;/q-1;/b14-9+;. The summed E-state index contributed by atoms with van der Waals surface area (Å²) < 4.78 is 11.2. The number of ether oxygens (including phenoxy) is 1. The number of benzene rings is 2. The van der Waals surface area contributed by atoms with E-state index in [9.17, 15) is 0 Å². The van der Waals surface area contributed by atoms with Crippen molar-refractivity contribution in [1.29, 1.82) is 0 Å². The largest absolute Gasteiger partial charge is 0.624 e. The number of nitrogens with zero attached hydrogens (tertiary/aromatic N) is 2. The Hall–Kier alpha value is -2.10. The number of aromatic nitrogens is 1. The van der Waals surface area contributed by atoms with Gasteiger partial charge in [0.2, 0.25) is 5.89 Å². The first-order chi connectivity index (χ1) is 9.38. The summed E-state index contributed by atoms with van der Waals surface area (Å²) in [6, 6.07) is 15.2. The van der Waals surface area contributed by atoms with Crippen LogP contribution in [0, 0.1) is 0 Å². The number of para-hydroxylation sites is 4. The first-order valence-electron chi connectivity index (χ1n) is 5.94. The summed E-state index contributed by atoms with van der Waals surface area (Å²) >= 11 is 0. The third-order valence-corrected chi connectivity index (χ3v) is 2.87. The fraction of sp³-hybridized carbons (Fsp3) is 0. The third-order valence-electron chi connectivity index (χ3n) is 2.87. The molecule has 3 aromatic rings. The van der Waals surface area contributed by atoms with Crippen LogP contribution in [0.3, 0.4) is 0 Å². The van der Waals surface area contributed by atoms with Crippen LogP contribution in [-0.2, 0) is 20.1 Å². The van der Waals surface area contributed by atoms with Crippen LogP contribution in [0.5, 0.6) is 5.75 Å². The van der Waals surface area contributed by atoms with Crippen molar-refractivity contribution in [2.45, 2.75) is 0 Å². The molecule has 0 spiro atoms. The fourth-order valence-corrected chi connectivity index (χ4v) is 2.01. The molecule has 4 nitrogen and oxygen atoms in total. The van der Waals surface area contributed by atoms with Gasteiger partial charge in [0.1, 0.15) is 11.3 Å². The Morgan fingerprint density at radius 3 is 2.65 bits per heavy atom. The van der Waals surface area contributed by atoms with Crippen molar-refractivity contribution in [2.24, 2.45) is 0 Å². The number of hydrogen-bond donors (Lipinski definition) is 0. The van der Waals surface area contributed by atoms with Gasteiger partial charge in [0.05, 0.1) is 0 Å². The van der Waals surface area contributed by atoms with E-state index >= 15 is 0 Å². The van der Waals surface area contributed by atoms with Crippen molar-refractivity contribution in [2.75, 3.05) is 0 Å². The molecule has 0 bridgehead atoms. The van der Waals surface area contributed by atoms with E-state index in [0.717, 1.165) is 22.5 Å². The van der Waals surface area contributed by atoms with Crippen molar-refractivity contribution in [3.8, 4) is 5.75 Å². The minimum atomic E-state index is 0. The molecule has 1 aliphatic rings. The maximum atomic E-state index is 5.60. The number of hydrogen-bond acceptors (Lipinski definition) is 3. The molecule has 0 fully saturated rings. The van der Waals surface area contributed by atoms with Gasteiger partial charge in [-0.25, -0.2) is 4.98 Å². The molecule has 0 atom stereocenters. The SMILES string of the molecule is C(=C1/[N-]c2ccccc2O1)/c1nc2ccccc2o1.[Ir]. The second-order valence-corrected chi connectivity index (χ2v) is 4.18. The van der Waals surface area contributed by atoms with Gasteiger partial charge in [-0.3, -0.25) is 0 Å². The van der Waals surface area contributed by atoms with Gasteiger partial charge in [0, 0.05) is 32.1 Å². The summed E-state index contributed by atoms with van der Waals surface area (Å²) in [6.45, 7) is 0. The summed E-state index contributed by atoms with van der Waals surface area (Å²) in [4.78, 5) is 4.36. The molecule has 1 aliphatic heterocycles. The van der Waals surface area contributed by atoms with Crippen LogP contribution in [0.4, 0.5) is 5.69 Å². The summed E-state index contributed by atoms with van der Waals surface area (Å²) in [5, 5.41) is 4.36. The van der Waals surface area contributed by atoms with Gasteiger partial charge in [0.25, 0.3) is 0 Å². The van der Waals surface area contributed by atoms with Gasteiger partial charge in [-0.1, -0.05) is 36.0 Å². The Kier molecular flexibility index (Phi) is 3.30. The molecule has 20 heavy (non-hydrogen) atoms. The van der Waals surface area contributed by atoms with Gasteiger partial charge in [-0.05, 0) is 18.2 Å². The molecule has 0 saturated heterocycles. The smallest absolute Gasteiger partial charge is 0.221 e. The Labute approximate surface area is 128 Å². The molecule has 0 saturated carbocycles. The van der Waals surface area contributed by atoms with Crippen molar-refractivity contribution in [3.05, 3.63) is 65.6 Å². The van der Waals surface area contributed by atoms with E-state index in [1.807, 2.05) is 48.5 Å². The first kappa shape index (κ1) is 12.9. The predicted octanol–water partition coefficient (Wildman–Crippen LogP) is 4.22. The van der Waals surface area contributed by atoms with E-state index < -0.39 is 0 Å². The van der Waals surface area contributed by atoms with Crippen molar-refractivity contribution >= 4 is 22.9 Å². The Balaban J connectivity index is 0.00000121. The first-order valence-corrected chi connectivity index (χ1v) is 5.94. The van der Waals surface area contributed by atoms with Crippen LogP contribution in [0.2, 0.25) is 0 Å². The quantitative estimate of drug-likeness (QED) is 0.568. The number of rotatable bonds is 1. The maximum absolute atomic E-state index is 5.60. The van der Waals surface area contributed by atoms with Crippen LogP contribution < -0.4 is 4.74 Å². The normalized spacial score (nSPS) is 14.5. The second-order valence-electron chi connectivity index (χ2n) is 4.18. The molecule has 0 unspecified atom stereocenters. The zero-order chi connectivity index (χ0) is 12.7. The molecule has 5 heteroatoms. The van der Waals surface area contributed by atoms with E-state index in [0.29, 0.717) is 11.8 Å². The topological polar surface area (TPSA) is 49.4 Å². The van der Waals surface area contributed by atoms with Gasteiger partial charge in [0.15, 0.2) is 5.58 Å². The van der Waals surface area contributed by atoms with Gasteiger partial charge < -0.3 is 14.5 Å². The number of fused-ring (bicyclic) bond motifs is 2. The molecule has 101 valence electrons. The summed E-state index contributed by atoms with van der Waals surface area (Å²) in [6.07, 6.45) is 1.69. The summed E-state index contributed by atoms with van der Waals surface area (Å²) in [5.41, 5.74) is 2.40. The molecule has 2 heterocycles. The zero-order valence-electron chi connectivity index (χ0n) is 10.2. The van der Waals surface area contributed by atoms with E-state index in [-0.39, 0.29) is 20.1 Å². The Morgan fingerprint density at radius 2 is 1.80 bits per heavy atom. The Morgan fingerprint density at radius 1 is 1.00 bits per heavy atom. The zero-order valence-corrected chi connectivity index (χ0v) is 12.6. The van der Waals surface area contributed by atoms with Crippen LogP contribution in [0.1, 0.15) is 5.89 Å². The van der Waals surface area contributed by atoms with Crippen molar-refractivity contribution in [3.63, 3.8) is 0 Å². The predicted molar refractivity (Wildman–Crippen MR) is 72.1 cm³/mol. The fourth-order valence-electron chi connectivity index (χ4n) is 2.01. The van der Waals surface area contributed by atoms with Crippen LogP contribution >= 0.6 is 0 Å². The van der Waals surface area contributed by atoms with Crippen LogP contribution in [0.15, 0.2) is 58.8 Å². The van der Waals surface area contributed by atoms with Crippen LogP contribution in [0.25, 0.3) is 22.5 Å². The third kappa shape index (κ3) is 2.22. The van der Waals surface area contributed by atoms with Gasteiger partial charge >= 0.3 is 0 Å². The summed E-state index contributed by atoms with van der Waals surface area (Å²) in [5.74, 6) is 1.74. The van der Waals surface area contributed by atoms with Gasteiger partial charge in [-0.2, -0.15) is 0 Å². The maximum Gasteiger partial charge on any atom is 0.221 e. The molecule has 1 aromatic heterocycles. The van der Waals surface area contributed by atoms with E-state index in [1.165, 1.54) is 0 Å². The minimum absolute atomic E-state index is 0. The van der Waals surface area contributed by atoms with Crippen molar-refractivity contribution < 1.29 is 29.3 Å². The van der Waals surface area contributed by atoms with Crippen molar-refractivity contribution in [1.82, 2.24) is 4.98 Å². The molecule has 0 aliphatic carbocycles. The average molecular weight is 441 g/mol. The average Bonchev–Trinajstić information content (AvgIpc) is 3.00. The van der Waals surface area contributed by atoms with E-state index in [4.69, 9.17) is 9.15 Å². The van der Waals surface area contributed by atoms with Crippen LogP contribution in [-0.4, -0.2) is 4.98 Å². The van der Waals surface area contributed by atoms with E-state index in [1.54, 1.807) is 6.08 Å². The van der Waals surface area contributed by atoms with Gasteiger partial charge in [-0.15, -0.1) is 0 Å². The monoisotopic (exact) mass is 442 g/mol. The molecule has 0 amide bonds. The molecule has 4 rings (SSSR count).